The summed E-state index contributed by atoms with van der Waals surface area (Å²) in [6.07, 6.45) is 0. The molecule has 0 aliphatic carbocycles. The molecule has 0 fully saturated rings. The van der Waals surface area contributed by atoms with Crippen LogP contribution in [0.3, 0.4) is 0 Å². The number of rotatable bonds is 6. The zero-order valence-electron chi connectivity index (χ0n) is 20.3. The van der Waals surface area contributed by atoms with Gasteiger partial charge in [0.2, 0.25) is 0 Å². The lowest BCUT2D eigenvalue weighted by Gasteiger charge is -2.02. The molecule has 0 spiro atoms. The Morgan fingerprint density at radius 2 is 0.545 bits per heavy atom. The Morgan fingerprint density at radius 3 is 0.697 bits per heavy atom. The van der Waals surface area contributed by atoms with Crippen molar-refractivity contribution in [3.63, 3.8) is 0 Å². The number of benzene rings is 3. The Kier molecular flexibility index (Phi) is 24.4. The minimum absolute atomic E-state index is 0. The van der Waals surface area contributed by atoms with Gasteiger partial charge in [0.05, 0.1) is 0 Å². The van der Waals surface area contributed by atoms with Crippen LogP contribution >= 0.6 is 35.3 Å². The quantitative estimate of drug-likeness (QED) is 0.299. The van der Waals surface area contributed by atoms with Crippen LogP contribution in [0.15, 0.2) is 106 Å². The second-order valence-electron chi connectivity index (χ2n) is 7.44. The van der Waals surface area contributed by atoms with E-state index in [1.807, 2.05) is 53.5 Å². The highest BCUT2D eigenvalue weighted by Crippen LogP contribution is 2.22. The number of thioether (sulfide) groups is 3. The van der Waals surface area contributed by atoms with Crippen molar-refractivity contribution in [2.24, 2.45) is 0 Å². The molecule has 0 aromatic heterocycles. The van der Waals surface area contributed by atoms with Gasteiger partial charge < -0.3 is 0 Å². The van der Waals surface area contributed by atoms with E-state index in [-0.39, 0.29) is 14.1 Å². The summed E-state index contributed by atoms with van der Waals surface area (Å²) >= 11 is 5.70. The van der Waals surface area contributed by atoms with Crippen LogP contribution in [0.1, 0.15) is 41.5 Å². The van der Waals surface area contributed by atoms with Crippen LogP contribution < -0.4 is 0 Å². The van der Waals surface area contributed by atoms with Crippen molar-refractivity contribution in [1.82, 2.24) is 0 Å². The first-order chi connectivity index (χ1) is 14.4. The lowest BCUT2D eigenvalue weighted by molar-refractivity contribution is 1.11. The molecule has 33 heavy (non-hydrogen) atoms. The van der Waals surface area contributed by atoms with Crippen molar-refractivity contribution in [1.29, 1.82) is 0 Å². The molecule has 3 rings (SSSR count). The minimum Gasteiger partial charge on any atom is -0.269 e. The summed E-state index contributed by atoms with van der Waals surface area (Å²) in [6.45, 7) is 13.2. The fraction of sp³-hybridized carbons (Fsp3) is 0.333. The van der Waals surface area contributed by atoms with Gasteiger partial charge >= 0.3 is 0 Å². The van der Waals surface area contributed by atoms with Gasteiger partial charge in [-0.1, -0.05) is 96.1 Å². The molecule has 0 bridgehead atoms. The van der Waals surface area contributed by atoms with E-state index in [1.54, 1.807) is 0 Å². The van der Waals surface area contributed by atoms with Crippen LogP contribution in [0, 0.1) is 0 Å². The van der Waals surface area contributed by atoms with Gasteiger partial charge in [0.15, 0.2) is 0 Å². The van der Waals surface area contributed by atoms with Gasteiger partial charge in [-0.3, -0.25) is 14.1 Å². The van der Waals surface area contributed by atoms with E-state index in [0.29, 0.717) is 15.7 Å². The lowest BCUT2D eigenvalue weighted by atomic mass is 10.4. The number of hydrogen-bond acceptors (Lipinski definition) is 3. The van der Waals surface area contributed by atoms with Crippen LogP contribution in [0.2, 0.25) is 0 Å². The Labute approximate surface area is 211 Å². The number of hydrogen-bond donors (Lipinski definition) is 0. The topological polar surface area (TPSA) is 0 Å². The highest BCUT2D eigenvalue weighted by molar-refractivity contribution is 8.00. The smallest absolute Gasteiger partial charge is 0.00745 e. The molecule has 0 amide bonds. The first-order valence-corrected chi connectivity index (χ1v) is 13.2. The molecule has 0 atom stereocenters. The Hall–Kier alpha value is -1.50. The van der Waals surface area contributed by atoms with Gasteiger partial charge in [-0.25, -0.2) is 0 Å². The second-order valence-corrected chi connectivity index (χ2v) is 12.4. The first-order valence-electron chi connectivity index (χ1n) is 10.5. The highest BCUT2D eigenvalue weighted by Gasteiger charge is 1.96. The van der Waals surface area contributed by atoms with Crippen LogP contribution in [0.25, 0.3) is 0 Å². The maximum atomic E-state index is 2.21. The maximum absolute atomic E-state index is 2.21. The Morgan fingerprint density at radius 1 is 0.364 bits per heavy atom. The monoisotopic (exact) mass is 516 g/mol. The van der Waals surface area contributed by atoms with E-state index >= 15 is 0 Å². The van der Waals surface area contributed by atoms with Crippen LogP contribution in [0.5, 0.6) is 0 Å². The molecule has 6 heteroatoms. The molecule has 186 valence electrons. The molecular formula is C27H39F3S3. The van der Waals surface area contributed by atoms with E-state index in [4.69, 9.17) is 0 Å². The summed E-state index contributed by atoms with van der Waals surface area (Å²) in [4.78, 5) is 4.08. The molecular weight excluding hydrogens is 477 g/mol. The third-order valence-electron chi connectivity index (χ3n) is 3.34. The van der Waals surface area contributed by atoms with Crippen LogP contribution in [-0.4, -0.2) is 15.7 Å². The summed E-state index contributed by atoms with van der Waals surface area (Å²) in [5, 5.41) is 2.05. The van der Waals surface area contributed by atoms with Gasteiger partial charge in [-0.05, 0) is 36.4 Å². The summed E-state index contributed by atoms with van der Waals surface area (Å²) in [7, 11) is 0. The van der Waals surface area contributed by atoms with E-state index in [9.17, 15) is 0 Å². The van der Waals surface area contributed by atoms with E-state index < -0.39 is 0 Å². The molecule has 0 unspecified atom stereocenters. The average molecular weight is 517 g/mol. The molecule has 0 heterocycles. The van der Waals surface area contributed by atoms with Crippen LogP contribution in [0.4, 0.5) is 14.1 Å². The van der Waals surface area contributed by atoms with Crippen molar-refractivity contribution in [2.45, 2.75) is 72.0 Å². The second kappa shape index (κ2) is 22.3. The molecule has 0 aliphatic rings. The number of halogens is 3. The fourth-order valence-corrected chi connectivity index (χ4v) is 4.89. The third-order valence-corrected chi connectivity index (χ3v) is 6.39. The van der Waals surface area contributed by atoms with E-state index in [1.165, 1.54) is 14.7 Å². The largest absolute Gasteiger partial charge is 0.269 e. The molecule has 0 aliphatic heterocycles. The van der Waals surface area contributed by atoms with Gasteiger partial charge in [0.1, 0.15) is 0 Å². The van der Waals surface area contributed by atoms with Gasteiger partial charge in [0.25, 0.3) is 0 Å². The van der Waals surface area contributed by atoms with Crippen molar-refractivity contribution >= 4 is 35.3 Å². The van der Waals surface area contributed by atoms with Gasteiger partial charge in [0, 0.05) is 30.4 Å². The fourth-order valence-electron chi connectivity index (χ4n) is 2.31. The molecule has 0 saturated carbocycles. The van der Waals surface area contributed by atoms with E-state index in [0.717, 1.165) is 0 Å². The molecule has 0 radical (unpaired) electrons. The highest BCUT2D eigenvalue weighted by atomic mass is 32.2. The molecule has 0 nitrogen and oxygen atoms in total. The predicted octanol–water partition coefficient (Wildman–Crippen LogP) is 10.0. The standard InChI is InChI=1S/3C9H12S.3FH/c3*1-8(2)10-9-6-4-3-5-7-9;;;/h3*3-8H,1-2H3;3*1H. The van der Waals surface area contributed by atoms with Crippen LogP contribution in [-0.2, 0) is 0 Å². The van der Waals surface area contributed by atoms with E-state index in [2.05, 4.69) is 114 Å². The zero-order chi connectivity index (χ0) is 22.2. The predicted molar refractivity (Wildman–Crippen MR) is 150 cm³/mol. The van der Waals surface area contributed by atoms with Crippen molar-refractivity contribution in [2.75, 3.05) is 0 Å². The van der Waals surface area contributed by atoms with Crippen molar-refractivity contribution < 1.29 is 14.1 Å². The summed E-state index contributed by atoms with van der Waals surface area (Å²) in [5.74, 6) is 0. The third kappa shape index (κ3) is 20.8. The zero-order valence-corrected chi connectivity index (χ0v) is 22.8. The first kappa shape index (κ1) is 36.1. The Bertz CT molecular complexity index is 660. The summed E-state index contributed by atoms with van der Waals surface area (Å²) in [6, 6.07) is 31.4. The van der Waals surface area contributed by atoms with Gasteiger partial charge in [-0.2, -0.15) is 0 Å². The van der Waals surface area contributed by atoms with Crippen molar-refractivity contribution in [3.05, 3.63) is 91.0 Å². The molecule has 3 aromatic carbocycles. The normalized spacial score (nSPS) is 9.36. The molecule has 3 aromatic rings. The summed E-state index contributed by atoms with van der Waals surface area (Å²) < 4.78 is 0. The average Bonchev–Trinajstić information content (AvgIpc) is 2.70. The maximum Gasteiger partial charge on any atom is 0.00745 e. The lowest BCUT2D eigenvalue weighted by Crippen LogP contribution is -1.84. The Balaban J connectivity index is -0.000000391. The van der Waals surface area contributed by atoms with Gasteiger partial charge in [-0.15, -0.1) is 35.3 Å². The minimum atomic E-state index is 0. The molecule has 0 N–H and O–H groups in total. The van der Waals surface area contributed by atoms with Crippen molar-refractivity contribution in [3.8, 4) is 0 Å². The molecule has 0 saturated heterocycles. The SMILES string of the molecule is CC(C)Sc1ccccc1.CC(C)Sc1ccccc1.CC(C)Sc1ccccc1.F.F.F. The summed E-state index contributed by atoms with van der Waals surface area (Å²) in [5.41, 5.74) is 0.